The van der Waals surface area contributed by atoms with E-state index >= 15 is 0 Å². The number of hydrogen-bond acceptors (Lipinski definition) is 3. The van der Waals surface area contributed by atoms with E-state index in [2.05, 4.69) is 10.2 Å². The van der Waals surface area contributed by atoms with Gasteiger partial charge in [-0.1, -0.05) is 41.9 Å². The molecule has 0 aromatic heterocycles. The molecular formula is C17H19ClN2O. The maximum absolute atomic E-state index is 9.30. The van der Waals surface area contributed by atoms with E-state index < -0.39 is 5.54 Å². The van der Waals surface area contributed by atoms with Crippen LogP contribution in [-0.2, 0) is 6.42 Å². The summed E-state index contributed by atoms with van der Waals surface area (Å²) < 4.78 is 0. The first kappa shape index (κ1) is 15.7. The van der Waals surface area contributed by atoms with Gasteiger partial charge in [-0.15, -0.1) is 0 Å². The normalized spacial score (nSPS) is 14.2. The summed E-state index contributed by atoms with van der Waals surface area (Å²) in [4.78, 5) is 0. The highest BCUT2D eigenvalue weighted by atomic mass is 35.5. The molecule has 0 saturated heterocycles. The van der Waals surface area contributed by atoms with Crippen molar-refractivity contribution in [1.29, 1.82) is 0 Å². The minimum absolute atomic E-state index is 0.0812. The number of aliphatic hydroxyl groups excluding tert-OH is 1. The Hall–Kier alpha value is -1.71. The number of aliphatic hydroxyl groups is 1. The van der Waals surface area contributed by atoms with Gasteiger partial charge in [0.25, 0.3) is 0 Å². The van der Waals surface area contributed by atoms with Crippen LogP contribution >= 0.6 is 11.6 Å². The van der Waals surface area contributed by atoms with Gasteiger partial charge in [-0.2, -0.15) is 10.2 Å². The zero-order valence-electron chi connectivity index (χ0n) is 12.0. The molecule has 0 heterocycles. The zero-order valence-corrected chi connectivity index (χ0v) is 12.8. The molecule has 0 amide bonds. The second-order valence-electron chi connectivity index (χ2n) is 5.31. The lowest BCUT2D eigenvalue weighted by Gasteiger charge is -2.23. The largest absolute Gasteiger partial charge is 0.396 e. The van der Waals surface area contributed by atoms with E-state index in [9.17, 15) is 5.11 Å². The molecule has 0 fully saturated rings. The van der Waals surface area contributed by atoms with Crippen LogP contribution in [0.2, 0.25) is 5.02 Å². The van der Waals surface area contributed by atoms with E-state index in [0.29, 0.717) is 17.9 Å². The molecule has 0 aliphatic rings. The van der Waals surface area contributed by atoms with Crippen LogP contribution in [0.15, 0.2) is 64.8 Å². The van der Waals surface area contributed by atoms with Crippen molar-refractivity contribution >= 4 is 17.3 Å². The number of azo groups is 1. The summed E-state index contributed by atoms with van der Waals surface area (Å²) in [5.41, 5.74) is 1.51. The second kappa shape index (κ2) is 7.34. The number of nitrogens with zero attached hydrogens (tertiary/aromatic N) is 2. The molecule has 3 nitrogen and oxygen atoms in total. The van der Waals surface area contributed by atoms with Gasteiger partial charge in [0.05, 0.1) is 11.2 Å². The van der Waals surface area contributed by atoms with E-state index in [1.165, 1.54) is 0 Å². The van der Waals surface area contributed by atoms with Crippen LogP contribution in [0.25, 0.3) is 0 Å². The third kappa shape index (κ3) is 4.96. The first-order valence-electron chi connectivity index (χ1n) is 6.95. The summed E-state index contributed by atoms with van der Waals surface area (Å²) in [6.07, 6.45) is 1.27. The molecule has 0 radical (unpaired) electrons. The quantitative estimate of drug-likeness (QED) is 0.765. The minimum atomic E-state index is -0.432. The van der Waals surface area contributed by atoms with E-state index in [-0.39, 0.29) is 6.61 Å². The molecule has 4 heteroatoms. The Morgan fingerprint density at radius 2 is 1.71 bits per heavy atom. The fourth-order valence-electron chi connectivity index (χ4n) is 2.13. The van der Waals surface area contributed by atoms with E-state index in [4.69, 9.17) is 11.6 Å². The molecule has 21 heavy (non-hydrogen) atoms. The first-order chi connectivity index (χ1) is 10.1. The van der Waals surface area contributed by atoms with Crippen molar-refractivity contribution in [2.24, 2.45) is 10.2 Å². The van der Waals surface area contributed by atoms with Crippen molar-refractivity contribution in [3.05, 3.63) is 65.2 Å². The monoisotopic (exact) mass is 302 g/mol. The fourth-order valence-corrected chi connectivity index (χ4v) is 2.26. The van der Waals surface area contributed by atoms with Crippen LogP contribution < -0.4 is 0 Å². The molecule has 0 aliphatic heterocycles. The molecule has 1 N–H and O–H groups in total. The second-order valence-corrected chi connectivity index (χ2v) is 5.75. The van der Waals surface area contributed by atoms with Crippen LogP contribution in [0.3, 0.4) is 0 Å². The van der Waals surface area contributed by atoms with Crippen molar-refractivity contribution in [1.82, 2.24) is 0 Å². The predicted octanol–water partition coefficient (Wildman–Crippen LogP) is 4.81. The van der Waals surface area contributed by atoms with Crippen LogP contribution in [-0.4, -0.2) is 17.3 Å². The summed E-state index contributed by atoms with van der Waals surface area (Å²) in [6.45, 7) is 2.09. The van der Waals surface area contributed by atoms with Gasteiger partial charge in [0, 0.05) is 11.6 Å². The molecule has 2 aromatic carbocycles. The van der Waals surface area contributed by atoms with E-state index in [0.717, 1.165) is 11.3 Å². The summed E-state index contributed by atoms with van der Waals surface area (Å²) in [5, 5.41) is 18.8. The van der Waals surface area contributed by atoms with Crippen LogP contribution in [0.4, 0.5) is 5.69 Å². The lowest BCUT2D eigenvalue weighted by molar-refractivity contribution is 0.242. The van der Waals surface area contributed by atoms with Crippen molar-refractivity contribution in [3.8, 4) is 0 Å². The number of rotatable bonds is 6. The van der Waals surface area contributed by atoms with Gasteiger partial charge in [-0.3, -0.25) is 0 Å². The molecular weight excluding hydrogens is 284 g/mol. The Morgan fingerprint density at radius 1 is 1.05 bits per heavy atom. The fraction of sp³-hybridized carbons (Fsp3) is 0.294. The predicted molar refractivity (Wildman–Crippen MR) is 86.2 cm³/mol. The lowest BCUT2D eigenvalue weighted by atomic mass is 9.91. The maximum Gasteiger partial charge on any atom is 0.0854 e. The van der Waals surface area contributed by atoms with Crippen LogP contribution in [0.1, 0.15) is 18.9 Å². The van der Waals surface area contributed by atoms with Crippen molar-refractivity contribution < 1.29 is 5.11 Å². The van der Waals surface area contributed by atoms with Crippen molar-refractivity contribution in [3.63, 3.8) is 0 Å². The average molecular weight is 303 g/mol. The Labute approximate surface area is 130 Å². The van der Waals surface area contributed by atoms with Crippen molar-refractivity contribution in [2.75, 3.05) is 6.61 Å². The minimum Gasteiger partial charge on any atom is -0.396 e. The third-order valence-electron chi connectivity index (χ3n) is 3.31. The summed E-state index contributed by atoms with van der Waals surface area (Å²) in [7, 11) is 0. The molecule has 110 valence electrons. The number of hydrogen-bond donors (Lipinski definition) is 1. The van der Waals surface area contributed by atoms with E-state index in [1.54, 1.807) is 0 Å². The topological polar surface area (TPSA) is 45.0 Å². The summed E-state index contributed by atoms with van der Waals surface area (Å²) in [5.74, 6) is 0. The highest BCUT2D eigenvalue weighted by Gasteiger charge is 2.24. The molecule has 0 bridgehead atoms. The molecule has 1 unspecified atom stereocenters. The standard InChI is InChI=1S/C17H19ClN2O/c1-17(11-12-21,13-14-7-9-15(18)10-8-14)20-19-16-5-3-2-4-6-16/h2-10,21H,11-13H2,1H3. The maximum atomic E-state index is 9.30. The molecule has 0 spiro atoms. The molecule has 0 aliphatic carbocycles. The van der Waals surface area contributed by atoms with Gasteiger partial charge in [0.1, 0.15) is 0 Å². The number of benzene rings is 2. The average Bonchev–Trinajstić information content (AvgIpc) is 2.49. The molecule has 1 atom stereocenters. The zero-order chi connectivity index (χ0) is 15.1. The summed E-state index contributed by atoms with van der Waals surface area (Å²) >= 11 is 5.90. The first-order valence-corrected chi connectivity index (χ1v) is 7.32. The Kier molecular flexibility index (Phi) is 5.48. The number of halogens is 1. The third-order valence-corrected chi connectivity index (χ3v) is 3.56. The SMILES string of the molecule is CC(CCO)(Cc1ccc(Cl)cc1)N=Nc1ccccc1. The highest BCUT2D eigenvalue weighted by molar-refractivity contribution is 6.30. The molecule has 2 aromatic rings. The Morgan fingerprint density at radius 3 is 2.33 bits per heavy atom. The van der Waals surface area contributed by atoms with E-state index in [1.807, 2.05) is 61.5 Å². The van der Waals surface area contributed by atoms with Gasteiger partial charge in [0.2, 0.25) is 0 Å². The van der Waals surface area contributed by atoms with Gasteiger partial charge in [-0.05, 0) is 49.6 Å². The van der Waals surface area contributed by atoms with Crippen molar-refractivity contribution in [2.45, 2.75) is 25.3 Å². The Balaban J connectivity index is 2.15. The van der Waals surface area contributed by atoms with Gasteiger partial charge in [-0.25, -0.2) is 0 Å². The molecule has 2 rings (SSSR count). The lowest BCUT2D eigenvalue weighted by Crippen LogP contribution is -2.26. The van der Waals surface area contributed by atoms with Crippen LogP contribution in [0, 0.1) is 0 Å². The van der Waals surface area contributed by atoms with Gasteiger partial charge >= 0.3 is 0 Å². The smallest absolute Gasteiger partial charge is 0.0854 e. The molecule has 0 saturated carbocycles. The van der Waals surface area contributed by atoms with Gasteiger partial charge < -0.3 is 5.11 Å². The highest BCUT2D eigenvalue weighted by Crippen LogP contribution is 2.25. The van der Waals surface area contributed by atoms with Gasteiger partial charge in [0.15, 0.2) is 0 Å². The van der Waals surface area contributed by atoms with Crippen LogP contribution in [0.5, 0.6) is 0 Å². The Bertz CT molecular complexity index is 583. The summed E-state index contributed by atoms with van der Waals surface area (Å²) in [6, 6.07) is 17.3.